The van der Waals surface area contributed by atoms with E-state index in [1.807, 2.05) is 0 Å². The molecule has 0 aliphatic rings. The van der Waals surface area contributed by atoms with Crippen LogP contribution in [-0.4, -0.2) is 40.1 Å². The summed E-state index contributed by atoms with van der Waals surface area (Å²) >= 11 is 12.1. The molecule has 0 aliphatic heterocycles. The third-order valence-corrected chi connectivity index (χ3v) is 4.00. The summed E-state index contributed by atoms with van der Waals surface area (Å²) in [5.74, 6) is -0.721. The van der Waals surface area contributed by atoms with Crippen LogP contribution in [0, 0.1) is 6.92 Å². The lowest BCUT2D eigenvalue weighted by Gasteiger charge is -2.17. The van der Waals surface area contributed by atoms with Crippen LogP contribution >= 0.6 is 23.2 Å². The van der Waals surface area contributed by atoms with E-state index < -0.39 is 0 Å². The highest BCUT2D eigenvalue weighted by Crippen LogP contribution is 2.21. The van der Waals surface area contributed by atoms with E-state index in [2.05, 4.69) is 10.4 Å². The van der Waals surface area contributed by atoms with Gasteiger partial charge >= 0.3 is 0 Å². The number of amides is 2. The molecule has 6 nitrogen and oxygen atoms in total. The van der Waals surface area contributed by atoms with Crippen molar-refractivity contribution in [3.05, 3.63) is 45.7 Å². The molecule has 0 unspecified atom stereocenters. The predicted molar refractivity (Wildman–Crippen MR) is 90.0 cm³/mol. The Hall–Kier alpha value is -2.05. The molecule has 0 atom stereocenters. The molecule has 2 aromatic rings. The average molecular weight is 355 g/mol. The van der Waals surface area contributed by atoms with E-state index in [0.717, 1.165) is 0 Å². The zero-order chi connectivity index (χ0) is 17.1. The monoisotopic (exact) mass is 354 g/mol. The number of anilines is 1. The molecular weight excluding hydrogens is 339 g/mol. The van der Waals surface area contributed by atoms with Crippen LogP contribution in [0.1, 0.15) is 16.1 Å². The van der Waals surface area contributed by atoms with Gasteiger partial charge in [-0.05, 0) is 19.1 Å². The fraction of sp³-hybridized carbons (Fsp3) is 0.267. The number of halogens is 2. The summed E-state index contributed by atoms with van der Waals surface area (Å²) < 4.78 is 1.42. The zero-order valence-corrected chi connectivity index (χ0v) is 14.4. The van der Waals surface area contributed by atoms with Gasteiger partial charge in [0, 0.05) is 14.1 Å². The lowest BCUT2D eigenvalue weighted by molar-refractivity contribution is -0.116. The number of aromatic nitrogens is 2. The van der Waals surface area contributed by atoms with Crippen LogP contribution in [0.5, 0.6) is 0 Å². The molecule has 1 N–H and O–H groups in total. The van der Waals surface area contributed by atoms with Gasteiger partial charge in [-0.1, -0.05) is 35.3 Å². The third-order valence-electron chi connectivity index (χ3n) is 3.24. The maximum Gasteiger partial charge on any atom is 0.259 e. The Morgan fingerprint density at radius 2 is 1.96 bits per heavy atom. The zero-order valence-electron chi connectivity index (χ0n) is 12.9. The minimum Gasteiger partial charge on any atom is -0.332 e. The van der Waals surface area contributed by atoms with Crippen molar-refractivity contribution >= 4 is 40.7 Å². The second kappa shape index (κ2) is 7.02. The topological polar surface area (TPSA) is 67.2 Å². The fourth-order valence-corrected chi connectivity index (χ4v) is 2.54. The second-order valence-electron chi connectivity index (χ2n) is 5.06. The van der Waals surface area contributed by atoms with Gasteiger partial charge in [0.25, 0.3) is 5.91 Å². The number of nitrogens with zero attached hydrogens (tertiary/aromatic N) is 3. The Kier molecular flexibility index (Phi) is 5.28. The van der Waals surface area contributed by atoms with Gasteiger partial charge in [0.05, 0.1) is 28.5 Å². The number of para-hydroxylation sites is 1. The Morgan fingerprint density at radius 1 is 1.30 bits per heavy atom. The summed E-state index contributed by atoms with van der Waals surface area (Å²) in [6.07, 6.45) is 0. The van der Waals surface area contributed by atoms with Crippen molar-refractivity contribution in [1.29, 1.82) is 0 Å². The first-order valence-electron chi connectivity index (χ1n) is 6.80. The first kappa shape index (κ1) is 17.3. The Bertz CT molecular complexity index is 758. The maximum atomic E-state index is 12.4. The van der Waals surface area contributed by atoms with Crippen molar-refractivity contribution in [3.8, 4) is 0 Å². The van der Waals surface area contributed by atoms with E-state index >= 15 is 0 Å². The molecule has 0 bridgehead atoms. The fourth-order valence-electron chi connectivity index (χ4n) is 2.10. The number of carbonyl (C=O) groups excluding carboxylic acids is 2. The van der Waals surface area contributed by atoms with Crippen molar-refractivity contribution in [2.24, 2.45) is 7.05 Å². The van der Waals surface area contributed by atoms with E-state index in [-0.39, 0.29) is 23.5 Å². The number of benzene rings is 1. The summed E-state index contributed by atoms with van der Waals surface area (Å²) in [5, 5.41) is 7.43. The molecule has 1 aromatic heterocycles. The van der Waals surface area contributed by atoms with E-state index in [4.69, 9.17) is 23.2 Å². The lowest BCUT2D eigenvalue weighted by atomic mass is 10.2. The highest BCUT2D eigenvalue weighted by Gasteiger charge is 2.23. The number of hydrogen-bond donors (Lipinski definition) is 1. The van der Waals surface area contributed by atoms with Crippen LogP contribution in [0.15, 0.2) is 24.3 Å². The van der Waals surface area contributed by atoms with Crippen LogP contribution < -0.4 is 5.32 Å². The molecule has 122 valence electrons. The summed E-state index contributed by atoms with van der Waals surface area (Å²) in [6.45, 7) is 1.56. The molecule has 0 aliphatic carbocycles. The third kappa shape index (κ3) is 3.83. The quantitative estimate of drug-likeness (QED) is 0.917. The van der Waals surface area contributed by atoms with Crippen molar-refractivity contribution in [2.45, 2.75) is 6.92 Å². The molecular formula is C15H16Cl2N4O2. The number of carbonyl (C=O) groups is 2. The largest absolute Gasteiger partial charge is 0.332 e. The summed E-state index contributed by atoms with van der Waals surface area (Å²) in [4.78, 5) is 25.8. The van der Waals surface area contributed by atoms with Gasteiger partial charge < -0.3 is 10.2 Å². The first-order chi connectivity index (χ1) is 10.8. The summed E-state index contributed by atoms with van der Waals surface area (Å²) in [5.41, 5.74) is 1.30. The summed E-state index contributed by atoms with van der Waals surface area (Å²) in [6, 6.07) is 6.88. The van der Waals surface area contributed by atoms with Gasteiger partial charge in [-0.3, -0.25) is 14.3 Å². The van der Waals surface area contributed by atoms with Crippen LogP contribution in [0.3, 0.4) is 0 Å². The number of hydrogen-bond acceptors (Lipinski definition) is 3. The molecule has 1 heterocycles. The Morgan fingerprint density at radius 3 is 2.52 bits per heavy atom. The number of likely N-dealkylation sites (N-methyl/N-ethyl adjacent to an activating group) is 1. The van der Waals surface area contributed by atoms with Crippen LogP contribution in [0.4, 0.5) is 5.69 Å². The van der Waals surface area contributed by atoms with Crippen molar-refractivity contribution in [3.63, 3.8) is 0 Å². The minimum atomic E-state index is -0.366. The van der Waals surface area contributed by atoms with Gasteiger partial charge in [-0.25, -0.2) is 0 Å². The van der Waals surface area contributed by atoms with Gasteiger partial charge in [-0.15, -0.1) is 0 Å². The van der Waals surface area contributed by atoms with E-state index in [1.165, 1.54) is 16.6 Å². The van der Waals surface area contributed by atoms with Gasteiger partial charge in [0.2, 0.25) is 5.91 Å². The highest BCUT2D eigenvalue weighted by molar-refractivity contribution is 6.34. The maximum absolute atomic E-state index is 12.4. The molecule has 1 aromatic carbocycles. The molecule has 0 fully saturated rings. The molecule has 2 amide bonds. The SMILES string of the molecule is Cc1nn(C)c(Cl)c1C(=O)N(C)CC(=O)Nc1ccccc1Cl. The van der Waals surface area contributed by atoms with E-state index in [1.54, 1.807) is 38.2 Å². The van der Waals surface area contributed by atoms with E-state index in [9.17, 15) is 9.59 Å². The smallest absolute Gasteiger partial charge is 0.259 e. The highest BCUT2D eigenvalue weighted by atomic mass is 35.5. The first-order valence-corrected chi connectivity index (χ1v) is 7.55. The summed E-state index contributed by atoms with van der Waals surface area (Å²) in [7, 11) is 3.17. The number of rotatable bonds is 4. The molecule has 2 rings (SSSR count). The lowest BCUT2D eigenvalue weighted by Crippen LogP contribution is -2.35. The molecule has 0 saturated heterocycles. The molecule has 0 spiro atoms. The molecule has 0 radical (unpaired) electrons. The minimum absolute atomic E-state index is 0.130. The standard InChI is InChI=1S/C15H16Cl2N4O2/c1-9-13(14(17)21(3)19-9)15(23)20(2)8-12(22)18-11-7-5-4-6-10(11)16/h4-7H,8H2,1-3H3,(H,18,22). The number of nitrogens with one attached hydrogen (secondary N) is 1. The molecule has 23 heavy (non-hydrogen) atoms. The van der Waals surface area contributed by atoms with Crippen molar-refractivity contribution < 1.29 is 9.59 Å². The van der Waals surface area contributed by atoms with E-state index in [0.29, 0.717) is 22.0 Å². The van der Waals surface area contributed by atoms with Gasteiger partial charge in [-0.2, -0.15) is 5.10 Å². The van der Waals surface area contributed by atoms with Crippen LogP contribution in [0.25, 0.3) is 0 Å². The number of aryl methyl sites for hydroxylation is 2. The van der Waals surface area contributed by atoms with Gasteiger partial charge in [0.15, 0.2) is 0 Å². The van der Waals surface area contributed by atoms with Crippen LogP contribution in [-0.2, 0) is 11.8 Å². The molecule has 0 saturated carbocycles. The predicted octanol–water partition coefficient (Wildman–Crippen LogP) is 2.75. The van der Waals surface area contributed by atoms with Crippen molar-refractivity contribution in [2.75, 3.05) is 18.9 Å². The second-order valence-corrected chi connectivity index (χ2v) is 5.83. The average Bonchev–Trinajstić information content (AvgIpc) is 2.73. The van der Waals surface area contributed by atoms with Gasteiger partial charge in [0.1, 0.15) is 5.15 Å². The Labute approximate surface area is 144 Å². The van der Waals surface area contributed by atoms with Crippen molar-refractivity contribution in [1.82, 2.24) is 14.7 Å². The van der Waals surface area contributed by atoms with Crippen LogP contribution in [0.2, 0.25) is 10.2 Å². The molecule has 8 heteroatoms. The normalized spacial score (nSPS) is 10.5. The Balaban J connectivity index is 2.06.